The lowest BCUT2D eigenvalue weighted by atomic mass is 10.0. The molecule has 3 N–H and O–H groups in total. The van der Waals surface area contributed by atoms with Crippen molar-refractivity contribution < 1.29 is 24.2 Å². The molecule has 1 aromatic carbocycles. The van der Waals surface area contributed by atoms with Gasteiger partial charge in [0, 0.05) is 36.5 Å². The normalized spacial score (nSPS) is 18.1. The minimum Gasteiger partial charge on any atom is -0.480 e. The summed E-state index contributed by atoms with van der Waals surface area (Å²) < 4.78 is 10.9. The van der Waals surface area contributed by atoms with Gasteiger partial charge in [-0.1, -0.05) is 18.2 Å². The lowest BCUT2D eigenvalue weighted by Crippen LogP contribution is -2.42. The van der Waals surface area contributed by atoms with Gasteiger partial charge in [0.25, 0.3) is 0 Å². The number of rotatable bonds is 9. The predicted octanol–water partition coefficient (Wildman–Crippen LogP) is 1.87. The largest absolute Gasteiger partial charge is 0.480 e. The second kappa shape index (κ2) is 8.82. The van der Waals surface area contributed by atoms with E-state index in [0.717, 1.165) is 35.9 Å². The second-order valence-corrected chi connectivity index (χ2v) is 6.48. The van der Waals surface area contributed by atoms with Crippen molar-refractivity contribution in [1.82, 2.24) is 10.3 Å². The van der Waals surface area contributed by atoms with Gasteiger partial charge in [-0.3, -0.25) is 4.79 Å². The Morgan fingerprint density at radius 2 is 2.23 bits per heavy atom. The van der Waals surface area contributed by atoms with Gasteiger partial charge in [0.05, 0.1) is 19.3 Å². The zero-order chi connectivity index (χ0) is 18.4. The first-order valence-corrected chi connectivity index (χ1v) is 8.90. The third-order valence-electron chi connectivity index (χ3n) is 4.53. The van der Waals surface area contributed by atoms with Crippen molar-refractivity contribution in [2.75, 3.05) is 19.8 Å². The van der Waals surface area contributed by atoms with Gasteiger partial charge in [0.1, 0.15) is 6.04 Å². The highest BCUT2D eigenvalue weighted by Crippen LogP contribution is 2.19. The molecule has 2 unspecified atom stereocenters. The van der Waals surface area contributed by atoms with Crippen molar-refractivity contribution in [1.29, 1.82) is 0 Å². The van der Waals surface area contributed by atoms with Crippen LogP contribution in [0.5, 0.6) is 0 Å². The van der Waals surface area contributed by atoms with Gasteiger partial charge in [-0.15, -0.1) is 0 Å². The molecule has 1 saturated heterocycles. The number of amides is 1. The van der Waals surface area contributed by atoms with Gasteiger partial charge < -0.3 is 24.9 Å². The maximum absolute atomic E-state index is 12.1. The SMILES string of the molecule is O=C(CCOCC1CCCO1)NC(Cc1c[nH]c2ccccc12)C(=O)O. The maximum atomic E-state index is 12.1. The molecule has 0 radical (unpaired) electrons. The van der Waals surface area contributed by atoms with Gasteiger partial charge >= 0.3 is 5.97 Å². The molecule has 140 valence electrons. The fourth-order valence-electron chi connectivity index (χ4n) is 3.14. The first-order valence-electron chi connectivity index (χ1n) is 8.90. The second-order valence-electron chi connectivity index (χ2n) is 6.48. The van der Waals surface area contributed by atoms with Gasteiger partial charge in [-0.2, -0.15) is 0 Å². The fraction of sp³-hybridized carbons (Fsp3) is 0.474. The van der Waals surface area contributed by atoms with Crippen molar-refractivity contribution in [3.63, 3.8) is 0 Å². The smallest absolute Gasteiger partial charge is 0.326 e. The van der Waals surface area contributed by atoms with E-state index < -0.39 is 12.0 Å². The summed E-state index contributed by atoms with van der Waals surface area (Å²) in [5.74, 6) is -1.38. The molecule has 7 heteroatoms. The molecule has 3 rings (SSSR count). The molecule has 2 heterocycles. The molecule has 0 spiro atoms. The molecule has 0 bridgehead atoms. The van der Waals surface area contributed by atoms with Crippen LogP contribution in [0.15, 0.2) is 30.5 Å². The number of carboxylic acids is 1. The van der Waals surface area contributed by atoms with Crippen LogP contribution in [0.3, 0.4) is 0 Å². The van der Waals surface area contributed by atoms with E-state index in [2.05, 4.69) is 10.3 Å². The number of carboxylic acid groups (broad SMARTS) is 1. The molecule has 0 saturated carbocycles. The number of benzene rings is 1. The van der Waals surface area contributed by atoms with Crippen LogP contribution >= 0.6 is 0 Å². The van der Waals surface area contributed by atoms with E-state index in [9.17, 15) is 14.7 Å². The highest BCUT2D eigenvalue weighted by atomic mass is 16.5. The Morgan fingerprint density at radius 1 is 1.38 bits per heavy atom. The third kappa shape index (κ3) is 4.83. The van der Waals surface area contributed by atoms with E-state index >= 15 is 0 Å². The maximum Gasteiger partial charge on any atom is 0.326 e. The molecular formula is C19H24N2O5. The van der Waals surface area contributed by atoms with Crippen molar-refractivity contribution in [2.45, 2.75) is 37.8 Å². The van der Waals surface area contributed by atoms with Crippen molar-refractivity contribution >= 4 is 22.8 Å². The van der Waals surface area contributed by atoms with Crippen LogP contribution in [0.4, 0.5) is 0 Å². The topological polar surface area (TPSA) is 101 Å². The van der Waals surface area contributed by atoms with Gasteiger partial charge in [-0.25, -0.2) is 4.79 Å². The molecule has 0 aliphatic carbocycles. The lowest BCUT2D eigenvalue weighted by Gasteiger charge is -2.15. The van der Waals surface area contributed by atoms with Gasteiger partial charge in [-0.05, 0) is 24.5 Å². The Bertz CT molecular complexity index is 751. The summed E-state index contributed by atoms with van der Waals surface area (Å²) in [6.07, 6.45) is 4.29. The number of nitrogens with one attached hydrogen (secondary N) is 2. The quantitative estimate of drug-likeness (QED) is 0.593. The van der Waals surface area contributed by atoms with Crippen LogP contribution in [-0.2, 0) is 25.5 Å². The highest BCUT2D eigenvalue weighted by Gasteiger charge is 2.22. The third-order valence-corrected chi connectivity index (χ3v) is 4.53. The van der Waals surface area contributed by atoms with E-state index in [1.165, 1.54) is 0 Å². The number of hydrogen-bond acceptors (Lipinski definition) is 4. The standard InChI is InChI=1S/C19H24N2O5/c22-18(7-9-25-12-14-4-3-8-26-14)21-17(19(23)24)10-13-11-20-16-6-2-1-5-15(13)16/h1-2,5-6,11,14,17,20H,3-4,7-10,12H2,(H,21,22)(H,23,24). The Kier molecular flexibility index (Phi) is 6.25. The molecule has 2 aromatic rings. The van der Waals surface area contributed by atoms with Crippen LogP contribution in [0.2, 0.25) is 0 Å². The number of carbonyl (C=O) groups is 2. The average Bonchev–Trinajstić information content (AvgIpc) is 3.28. The Morgan fingerprint density at radius 3 is 3.00 bits per heavy atom. The summed E-state index contributed by atoms with van der Waals surface area (Å²) in [5, 5.41) is 13.0. The fourth-order valence-corrected chi connectivity index (χ4v) is 3.14. The number of hydrogen-bond donors (Lipinski definition) is 3. The Hall–Kier alpha value is -2.38. The van der Waals surface area contributed by atoms with Gasteiger partial charge in [0.2, 0.25) is 5.91 Å². The lowest BCUT2D eigenvalue weighted by molar-refractivity contribution is -0.142. The minimum absolute atomic E-state index is 0.117. The molecule has 1 amide bonds. The first kappa shape index (κ1) is 18.4. The first-order chi connectivity index (χ1) is 12.6. The molecule has 26 heavy (non-hydrogen) atoms. The van der Waals surface area contributed by atoms with E-state index in [1.807, 2.05) is 24.3 Å². The van der Waals surface area contributed by atoms with E-state index in [-0.39, 0.29) is 31.5 Å². The zero-order valence-corrected chi connectivity index (χ0v) is 14.6. The average molecular weight is 360 g/mol. The number of ether oxygens (including phenoxy) is 2. The zero-order valence-electron chi connectivity index (χ0n) is 14.6. The molecule has 1 aromatic heterocycles. The van der Waals surface area contributed by atoms with Gasteiger partial charge in [0.15, 0.2) is 0 Å². The summed E-state index contributed by atoms with van der Waals surface area (Å²) in [6.45, 7) is 1.50. The summed E-state index contributed by atoms with van der Waals surface area (Å²) in [6, 6.07) is 6.70. The number of aromatic nitrogens is 1. The van der Waals surface area contributed by atoms with Crippen molar-refractivity contribution in [3.8, 4) is 0 Å². The molecule has 1 fully saturated rings. The summed E-state index contributed by atoms with van der Waals surface area (Å²) in [4.78, 5) is 26.7. The van der Waals surface area contributed by atoms with Crippen LogP contribution in [0, 0.1) is 0 Å². The summed E-state index contributed by atoms with van der Waals surface area (Å²) in [7, 11) is 0. The monoisotopic (exact) mass is 360 g/mol. The van der Waals surface area contributed by atoms with E-state index in [0.29, 0.717) is 6.61 Å². The molecule has 2 atom stereocenters. The number of aromatic amines is 1. The van der Waals surface area contributed by atoms with Crippen LogP contribution in [0.1, 0.15) is 24.8 Å². The molecule has 1 aliphatic rings. The van der Waals surface area contributed by atoms with Crippen molar-refractivity contribution in [2.24, 2.45) is 0 Å². The van der Waals surface area contributed by atoms with Crippen LogP contribution in [0.25, 0.3) is 10.9 Å². The predicted molar refractivity (Wildman–Crippen MR) is 96.0 cm³/mol. The number of aliphatic carboxylic acids is 1. The Balaban J connectivity index is 1.48. The minimum atomic E-state index is -1.05. The van der Waals surface area contributed by atoms with Crippen LogP contribution < -0.4 is 5.32 Å². The number of carbonyl (C=O) groups excluding carboxylic acids is 1. The molecule has 1 aliphatic heterocycles. The summed E-state index contributed by atoms with van der Waals surface area (Å²) in [5.41, 5.74) is 1.81. The molecule has 7 nitrogen and oxygen atoms in total. The number of H-pyrrole nitrogens is 1. The van der Waals surface area contributed by atoms with Crippen molar-refractivity contribution in [3.05, 3.63) is 36.0 Å². The molecular weight excluding hydrogens is 336 g/mol. The number of fused-ring (bicyclic) bond motifs is 1. The number of para-hydroxylation sites is 1. The highest BCUT2D eigenvalue weighted by molar-refractivity contribution is 5.86. The van der Waals surface area contributed by atoms with E-state index in [1.54, 1.807) is 6.20 Å². The summed E-state index contributed by atoms with van der Waals surface area (Å²) >= 11 is 0. The van der Waals surface area contributed by atoms with E-state index in [4.69, 9.17) is 9.47 Å². The Labute approximate surface area is 151 Å². The van der Waals surface area contributed by atoms with Crippen LogP contribution in [-0.4, -0.2) is 53.9 Å².